The molecular weight excluding hydrogens is 297 g/mol. The fourth-order valence-electron chi connectivity index (χ4n) is 2.51. The molecule has 1 saturated heterocycles. The van der Waals surface area contributed by atoms with Gasteiger partial charge in [0.05, 0.1) is 11.1 Å². The molecule has 0 spiro atoms. The van der Waals surface area contributed by atoms with Crippen LogP contribution in [0.1, 0.15) is 31.4 Å². The zero-order valence-corrected chi connectivity index (χ0v) is 12.2. The van der Waals surface area contributed by atoms with Crippen LogP contribution in [0.25, 0.3) is 0 Å². The third kappa shape index (κ3) is 3.31. The fourth-order valence-corrected chi connectivity index (χ4v) is 2.76. The molecule has 2 rings (SSSR count). The molecule has 1 aromatic carbocycles. The number of hydrogen-bond acceptors (Lipinski definition) is 2. The molecule has 4 heteroatoms. The van der Waals surface area contributed by atoms with E-state index in [0.717, 1.165) is 38.2 Å². The summed E-state index contributed by atoms with van der Waals surface area (Å²) in [6.07, 6.45) is 2.22. The highest BCUT2D eigenvalue weighted by Crippen LogP contribution is 2.30. The lowest BCUT2D eigenvalue weighted by atomic mass is 9.88. The van der Waals surface area contributed by atoms with Crippen molar-refractivity contribution in [1.82, 2.24) is 5.32 Å². The topological polar surface area (TPSA) is 21.3 Å². The third-order valence-corrected chi connectivity index (χ3v) is 4.04. The second kappa shape index (κ2) is 6.64. The van der Waals surface area contributed by atoms with Crippen molar-refractivity contribution in [3.8, 4) is 0 Å². The van der Waals surface area contributed by atoms with Crippen LogP contribution in [0.5, 0.6) is 0 Å². The predicted octanol–water partition coefficient (Wildman–Crippen LogP) is 3.67. The van der Waals surface area contributed by atoms with E-state index in [0.29, 0.717) is 10.4 Å². The largest absolute Gasteiger partial charge is 0.381 e. The average molecular weight is 316 g/mol. The molecule has 0 aromatic heterocycles. The zero-order valence-electron chi connectivity index (χ0n) is 10.6. The van der Waals surface area contributed by atoms with E-state index in [2.05, 4.69) is 28.2 Å². The van der Waals surface area contributed by atoms with Gasteiger partial charge >= 0.3 is 0 Å². The monoisotopic (exact) mass is 315 g/mol. The van der Waals surface area contributed by atoms with Crippen molar-refractivity contribution >= 4 is 15.9 Å². The van der Waals surface area contributed by atoms with Gasteiger partial charge in [0.2, 0.25) is 0 Å². The summed E-state index contributed by atoms with van der Waals surface area (Å²) in [5.41, 5.74) is 1.01. The van der Waals surface area contributed by atoms with Crippen molar-refractivity contribution in [1.29, 1.82) is 0 Å². The van der Waals surface area contributed by atoms with Crippen molar-refractivity contribution in [2.24, 2.45) is 5.92 Å². The summed E-state index contributed by atoms with van der Waals surface area (Å²) in [7, 11) is 0. The predicted molar refractivity (Wildman–Crippen MR) is 74.1 cm³/mol. The van der Waals surface area contributed by atoms with E-state index in [4.69, 9.17) is 4.74 Å². The lowest BCUT2D eigenvalue weighted by Crippen LogP contribution is -2.33. The van der Waals surface area contributed by atoms with Gasteiger partial charge in [0.15, 0.2) is 0 Å². The van der Waals surface area contributed by atoms with Crippen LogP contribution in [0.15, 0.2) is 22.7 Å². The molecule has 1 aliphatic heterocycles. The van der Waals surface area contributed by atoms with E-state index in [9.17, 15) is 4.39 Å². The zero-order chi connectivity index (χ0) is 13.0. The van der Waals surface area contributed by atoms with E-state index in [-0.39, 0.29) is 11.9 Å². The second-order valence-corrected chi connectivity index (χ2v) is 5.54. The van der Waals surface area contributed by atoms with Gasteiger partial charge in [-0.05, 0) is 53.0 Å². The normalized spacial score (nSPS) is 21.8. The van der Waals surface area contributed by atoms with Gasteiger partial charge in [-0.2, -0.15) is 0 Å². The highest BCUT2D eigenvalue weighted by molar-refractivity contribution is 9.10. The summed E-state index contributed by atoms with van der Waals surface area (Å²) in [4.78, 5) is 0. The molecule has 100 valence electrons. The first kappa shape index (κ1) is 14.0. The van der Waals surface area contributed by atoms with Crippen LogP contribution in [0.4, 0.5) is 4.39 Å². The smallest absolute Gasteiger partial charge is 0.137 e. The Morgan fingerprint density at radius 3 is 3.00 bits per heavy atom. The lowest BCUT2D eigenvalue weighted by molar-refractivity contribution is 0.0392. The van der Waals surface area contributed by atoms with Crippen LogP contribution in [0, 0.1) is 11.7 Å². The Kier molecular flexibility index (Phi) is 5.15. The quantitative estimate of drug-likeness (QED) is 0.915. The summed E-state index contributed by atoms with van der Waals surface area (Å²) in [6.45, 7) is 4.56. The molecule has 18 heavy (non-hydrogen) atoms. The summed E-state index contributed by atoms with van der Waals surface area (Å²) in [5, 5.41) is 3.45. The minimum absolute atomic E-state index is 0.179. The number of nitrogens with one attached hydrogen (secondary N) is 1. The number of halogens is 2. The summed E-state index contributed by atoms with van der Waals surface area (Å²) >= 11 is 3.19. The van der Waals surface area contributed by atoms with E-state index in [1.54, 1.807) is 12.1 Å². The maximum atomic E-state index is 13.6. The Morgan fingerprint density at radius 2 is 2.39 bits per heavy atom. The highest BCUT2D eigenvalue weighted by Gasteiger charge is 2.25. The molecule has 1 aromatic rings. The lowest BCUT2D eigenvalue weighted by Gasteiger charge is -2.31. The van der Waals surface area contributed by atoms with Crippen molar-refractivity contribution in [3.63, 3.8) is 0 Å². The van der Waals surface area contributed by atoms with Crippen LogP contribution in [-0.2, 0) is 4.74 Å². The minimum atomic E-state index is -0.202. The van der Waals surface area contributed by atoms with Crippen molar-refractivity contribution in [2.75, 3.05) is 19.8 Å². The van der Waals surface area contributed by atoms with Gasteiger partial charge in [-0.25, -0.2) is 4.39 Å². The van der Waals surface area contributed by atoms with E-state index < -0.39 is 0 Å². The molecule has 0 aliphatic carbocycles. The van der Waals surface area contributed by atoms with Crippen molar-refractivity contribution < 1.29 is 9.13 Å². The van der Waals surface area contributed by atoms with Gasteiger partial charge < -0.3 is 10.1 Å². The van der Waals surface area contributed by atoms with Crippen LogP contribution in [0.3, 0.4) is 0 Å². The number of ether oxygens (including phenoxy) is 1. The Hall–Kier alpha value is -0.450. The second-order valence-electron chi connectivity index (χ2n) is 4.69. The van der Waals surface area contributed by atoms with Gasteiger partial charge in [-0.3, -0.25) is 0 Å². The molecule has 2 unspecified atom stereocenters. The van der Waals surface area contributed by atoms with Crippen molar-refractivity contribution in [3.05, 3.63) is 34.1 Å². The maximum absolute atomic E-state index is 13.6. The third-order valence-electron chi connectivity index (χ3n) is 3.39. The fraction of sp³-hybridized carbons (Fsp3) is 0.571. The van der Waals surface area contributed by atoms with Crippen LogP contribution in [0.2, 0.25) is 0 Å². The number of benzene rings is 1. The number of hydrogen-bond donors (Lipinski definition) is 1. The molecule has 1 aliphatic rings. The van der Waals surface area contributed by atoms with E-state index >= 15 is 0 Å². The van der Waals surface area contributed by atoms with Crippen LogP contribution >= 0.6 is 15.9 Å². The standard InChI is InChI=1S/C14H19BrFNO/c1-2-17-14(11-4-3-7-18-9-11)10-5-6-12(15)13(16)8-10/h5-6,8,11,14,17H,2-4,7,9H2,1H3. The summed E-state index contributed by atoms with van der Waals surface area (Å²) in [6, 6.07) is 5.55. The van der Waals surface area contributed by atoms with Gasteiger partial charge in [0.25, 0.3) is 0 Å². The number of rotatable bonds is 4. The Labute approximate surface area is 116 Å². The first-order valence-electron chi connectivity index (χ1n) is 6.48. The molecule has 1 heterocycles. The Morgan fingerprint density at radius 1 is 1.56 bits per heavy atom. The maximum Gasteiger partial charge on any atom is 0.137 e. The Bertz CT molecular complexity index is 393. The molecule has 0 bridgehead atoms. The molecular formula is C14H19BrFNO. The molecule has 0 radical (unpaired) electrons. The molecule has 0 saturated carbocycles. The first-order valence-corrected chi connectivity index (χ1v) is 7.27. The van der Waals surface area contributed by atoms with Gasteiger partial charge in [0, 0.05) is 18.6 Å². The molecule has 1 N–H and O–H groups in total. The molecule has 1 fully saturated rings. The highest BCUT2D eigenvalue weighted by atomic mass is 79.9. The van der Waals surface area contributed by atoms with Crippen molar-refractivity contribution in [2.45, 2.75) is 25.8 Å². The van der Waals surface area contributed by atoms with E-state index in [1.165, 1.54) is 0 Å². The minimum Gasteiger partial charge on any atom is -0.381 e. The van der Waals surface area contributed by atoms with E-state index in [1.807, 2.05) is 6.07 Å². The van der Waals surface area contributed by atoms with Crippen LogP contribution < -0.4 is 5.32 Å². The average Bonchev–Trinajstić information content (AvgIpc) is 2.40. The van der Waals surface area contributed by atoms with Gasteiger partial charge in [0.1, 0.15) is 5.82 Å². The molecule has 0 amide bonds. The summed E-state index contributed by atoms with van der Waals surface area (Å²) in [5.74, 6) is 0.228. The molecule has 2 atom stereocenters. The van der Waals surface area contributed by atoms with Gasteiger partial charge in [-0.1, -0.05) is 13.0 Å². The van der Waals surface area contributed by atoms with Gasteiger partial charge in [-0.15, -0.1) is 0 Å². The Balaban J connectivity index is 2.19. The van der Waals surface area contributed by atoms with Crippen LogP contribution in [-0.4, -0.2) is 19.8 Å². The molecule has 2 nitrogen and oxygen atoms in total. The summed E-state index contributed by atoms with van der Waals surface area (Å²) < 4.78 is 19.7. The first-order chi connectivity index (χ1) is 8.72. The SMILES string of the molecule is CCNC(c1ccc(Br)c(F)c1)C1CCCOC1.